The van der Waals surface area contributed by atoms with Crippen LogP contribution >= 0.6 is 0 Å². The highest BCUT2D eigenvalue weighted by molar-refractivity contribution is 6.76. The van der Waals surface area contributed by atoms with Crippen LogP contribution in [0.3, 0.4) is 0 Å². The lowest BCUT2D eigenvalue weighted by Crippen LogP contribution is -2.33. The maximum atomic E-state index is 6.15. The molecule has 0 spiro atoms. The predicted octanol–water partition coefficient (Wildman–Crippen LogP) is 5.27. The summed E-state index contributed by atoms with van der Waals surface area (Å²) >= 11 is 0. The first kappa shape index (κ1) is 25.9. The van der Waals surface area contributed by atoms with Gasteiger partial charge in [0.05, 0.1) is 6.20 Å². The molecule has 0 bridgehead atoms. The van der Waals surface area contributed by atoms with Gasteiger partial charge in [-0.25, -0.2) is 4.98 Å². The van der Waals surface area contributed by atoms with Crippen LogP contribution in [-0.4, -0.2) is 57.4 Å². The highest BCUT2D eigenvalue weighted by atomic mass is 28.3. The molecule has 0 amide bonds. The van der Waals surface area contributed by atoms with Gasteiger partial charge in [-0.1, -0.05) is 44.9 Å². The number of fused-ring (bicyclic) bond motifs is 1. The summed E-state index contributed by atoms with van der Waals surface area (Å²) in [6.07, 6.45) is 6.69. The third kappa shape index (κ3) is 7.94. The lowest BCUT2D eigenvalue weighted by molar-refractivity contribution is 0.0942. The number of allylic oxidation sites excluding steroid dienone is 1. The van der Waals surface area contributed by atoms with Crippen molar-refractivity contribution in [2.24, 2.45) is 5.73 Å². The standard InChI is InChI=1S/C24H43N5O2Si2/c1-32(2,3)13-11-30-18-28(19-31-12-14-33(4,5)6)24-16-22(21-8-7-20(15-21)17-25)27-23-9-10-26-29(23)24/h9-10,16-17,21H,7-8,11-15,18-19,25H2,1-6H3/b20-17-. The van der Waals surface area contributed by atoms with Gasteiger partial charge < -0.3 is 20.1 Å². The van der Waals surface area contributed by atoms with Crippen molar-refractivity contribution in [2.45, 2.75) is 76.6 Å². The molecule has 2 heterocycles. The zero-order valence-electron chi connectivity index (χ0n) is 21.4. The Labute approximate surface area is 201 Å². The van der Waals surface area contributed by atoms with Crippen LogP contribution in [0.4, 0.5) is 5.82 Å². The molecule has 1 saturated carbocycles. The van der Waals surface area contributed by atoms with Crippen molar-refractivity contribution in [3.05, 3.63) is 35.8 Å². The van der Waals surface area contributed by atoms with Gasteiger partial charge in [-0.15, -0.1) is 0 Å². The van der Waals surface area contributed by atoms with E-state index in [1.165, 1.54) is 5.57 Å². The molecule has 0 radical (unpaired) electrons. The molecule has 1 unspecified atom stereocenters. The minimum atomic E-state index is -1.14. The first-order valence-corrected chi connectivity index (χ1v) is 19.6. The van der Waals surface area contributed by atoms with Crippen LogP contribution in [0.25, 0.3) is 5.65 Å². The van der Waals surface area contributed by atoms with E-state index < -0.39 is 16.1 Å². The zero-order valence-corrected chi connectivity index (χ0v) is 23.4. The molecule has 2 aromatic rings. The van der Waals surface area contributed by atoms with Gasteiger partial charge in [-0.3, -0.25) is 0 Å². The molecule has 2 N–H and O–H groups in total. The second-order valence-electron chi connectivity index (χ2n) is 11.6. The van der Waals surface area contributed by atoms with Crippen molar-refractivity contribution in [2.75, 3.05) is 31.6 Å². The summed E-state index contributed by atoms with van der Waals surface area (Å²) < 4.78 is 14.2. The van der Waals surface area contributed by atoms with Gasteiger partial charge in [-0.05, 0) is 37.6 Å². The number of hydrogen-bond donors (Lipinski definition) is 1. The van der Waals surface area contributed by atoms with E-state index in [1.807, 2.05) is 16.8 Å². The summed E-state index contributed by atoms with van der Waals surface area (Å²) in [4.78, 5) is 7.08. The fourth-order valence-corrected chi connectivity index (χ4v) is 5.42. The second kappa shape index (κ2) is 11.2. The molecular formula is C24H43N5O2Si2. The molecule has 3 rings (SSSR count). The average Bonchev–Trinajstić information content (AvgIpc) is 3.39. The first-order chi connectivity index (χ1) is 15.6. The van der Waals surface area contributed by atoms with Crippen molar-refractivity contribution in [1.82, 2.24) is 14.6 Å². The van der Waals surface area contributed by atoms with Gasteiger partial charge in [0.2, 0.25) is 0 Å². The van der Waals surface area contributed by atoms with E-state index in [-0.39, 0.29) is 0 Å². The van der Waals surface area contributed by atoms with Gasteiger partial charge >= 0.3 is 0 Å². The van der Waals surface area contributed by atoms with Gasteiger partial charge in [0.25, 0.3) is 0 Å². The van der Waals surface area contributed by atoms with Crippen LogP contribution in [0.2, 0.25) is 51.4 Å². The van der Waals surface area contributed by atoms with Gasteiger partial charge in [0.15, 0.2) is 5.65 Å². The SMILES string of the molecule is C[Si](C)(C)CCOCN(COCC[Si](C)(C)C)c1cc(C2CC/C(=C/N)C2)nc2ccnn12. The molecule has 0 aromatic carbocycles. The maximum absolute atomic E-state index is 6.15. The predicted molar refractivity (Wildman–Crippen MR) is 142 cm³/mol. The first-order valence-electron chi connectivity index (χ1n) is 12.2. The van der Waals surface area contributed by atoms with Crippen LogP contribution in [-0.2, 0) is 9.47 Å². The number of hydrogen-bond acceptors (Lipinski definition) is 6. The van der Waals surface area contributed by atoms with E-state index >= 15 is 0 Å². The minimum absolute atomic E-state index is 0.390. The van der Waals surface area contributed by atoms with Crippen LogP contribution in [0.5, 0.6) is 0 Å². The van der Waals surface area contributed by atoms with E-state index in [0.29, 0.717) is 19.4 Å². The van der Waals surface area contributed by atoms with Gasteiger partial charge in [0.1, 0.15) is 19.3 Å². The number of aromatic nitrogens is 3. The molecule has 2 aromatic heterocycles. The topological polar surface area (TPSA) is 77.9 Å². The van der Waals surface area contributed by atoms with E-state index in [4.69, 9.17) is 20.2 Å². The summed E-state index contributed by atoms with van der Waals surface area (Å²) in [7, 11) is -2.29. The van der Waals surface area contributed by atoms with E-state index in [2.05, 4.69) is 55.3 Å². The number of nitrogens with two attached hydrogens (primary N) is 1. The summed E-state index contributed by atoms with van der Waals surface area (Å²) in [6.45, 7) is 16.8. The summed E-state index contributed by atoms with van der Waals surface area (Å²) in [5, 5.41) is 4.56. The van der Waals surface area contributed by atoms with Crippen LogP contribution in [0.1, 0.15) is 30.9 Å². The molecule has 7 nitrogen and oxygen atoms in total. The third-order valence-corrected chi connectivity index (χ3v) is 9.56. The van der Waals surface area contributed by atoms with Crippen LogP contribution in [0.15, 0.2) is 30.1 Å². The Kier molecular flexibility index (Phi) is 8.77. The largest absolute Gasteiger partial charge is 0.405 e. The molecule has 1 aliphatic carbocycles. The highest BCUT2D eigenvalue weighted by Crippen LogP contribution is 2.37. The van der Waals surface area contributed by atoms with Crippen molar-refractivity contribution < 1.29 is 9.47 Å². The minimum Gasteiger partial charge on any atom is -0.405 e. The number of nitrogens with zero attached hydrogens (tertiary/aromatic N) is 4. The summed E-state index contributed by atoms with van der Waals surface area (Å²) in [5.41, 5.74) is 9.07. The summed E-state index contributed by atoms with van der Waals surface area (Å²) in [6, 6.07) is 6.44. The molecule has 1 fully saturated rings. The lowest BCUT2D eigenvalue weighted by Gasteiger charge is -2.27. The lowest BCUT2D eigenvalue weighted by atomic mass is 10.0. The fraction of sp³-hybridized carbons (Fsp3) is 0.667. The second-order valence-corrected chi connectivity index (χ2v) is 22.9. The zero-order chi connectivity index (χ0) is 24.1. The number of ether oxygens (including phenoxy) is 2. The number of rotatable bonds is 12. The Hall–Kier alpha value is -1.69. The molecule has 184 valence electrons. The Morgan fingerprint density at radius 1 is 1.09 bits per heavy atom. The van der Waals surface area contributed by atoms with Crippen LogP contribution in [0, 0.1) is 0 Å². The smallest absolute Gasteiger partial charge is 0.157 e. The van der Waals surface area contributed by atoms with Gasteiger partial charge in [0, 0.05) is 53.1 Å². The third-order valence-electron chi connectivity index (χ3n) is 6.15. The average molecular weight is 490 g/mol. The van der Waals surface area contributed by atoms with E-state index in [9.17, 15) is 0 Å². The van der Waals surface area contributed by atoms with Crippen molar-refractivity contribution in [3.63, 3.8) is 0 Å². The van der Waals surface area contributed by atoms with Gasteiger partial charge in [-0.2, -0.15) is 9.61 Å². The van der Waals surface area contributed by atoms with E-state index in [0.717, 1.165) is 61.7 Å². The van der Waals surface area contributed by atoms with Crippen LogP contribution < -0.4 is 10.6 Å². The monoisotopic (exact) mass is 489 g/mol. The van der Waals surface area contributed by atoms with Crippen molar-refractivity contribution >= 4 is 27.6 Å². The highest BCUT2D eigenvalue weighted by Gasteiger charge is 2.25. The Morgan fingerprint density at radius 3 is 2.27 bits per heavy atom. The molecule has 9 heteroatoms. The molecule has 1 atom stereocenters. The molecule has 0 saturated heterocycles. The molecule has 1 aliphatic rings. The molecule has 0 aliphatic heterocycles. The molecule has 33 heavy (non-hydrogen) atoms. The summed E-state index contributed by atoms with van der Waals surface area (Å²) in [5.74, 6) is 1.37. The quantitative estimate of drug-likeness (QED) is 0.249. The Bertz CT molecular complexity index is 911. The Balaban J connectivity index is 1.80. The number of anilines is 1. The van der Waals surface area contributed by atoms with Crippen molar-refractivity contribution in [1.29, 1.82) is 0 Å². The van der Waals surface area contributed by atoms with Crippen molar-refractivity contribution in [3.8, 4) is 0 Å². The molecular weight excluding hydrogens is 446 g/mol. The Morgan fingerprint density at radius 2 is 1.73 bits per heavy atom. The fourth-order valence-electron chi connectivity index (χ4n) is 3.91. The maximum Gasteiger partial charge on any atom is 0.157 e. The van der Waals surface area contributed by atoms with E-state index in [1.54, 1.807) is 6.20 Å². The normalized spacial score (nSPS) is 18.5.